The quantitative estimate of drug-likeness (QED) is 0.787. The van der Waals surface area contributed by atoms with Crippen LogP contribution >= 0.6 is 11.8 Å². The molecule has 1 aromatic rings. The highest BCUT2D eigenvalue weighted by Gasteiger charge is 2.12. The molecule has 0 aromatic heterocycles. The van der Waals surface area contributed by atoms with Crippen LogP contribution in [0.5, 0.6) is 0 Å². The van der Waals surface area contributed by atoms with Gasteiger partial charge in [0.15, 0.2) is 0 Å². The maximum atomic E-state index is 3.60. The molecule has 2 rings (SSSR count). The van der Waals surface area contributed by atoms with Crippen LogP contribution in [0, 0.1) is 0 Å². The first-order valence-electron chi connectivity index (χ1n) is 5.75. The molecule has 1 unspecified atom stereocenters. The Morgan fingerprint density at radius 2 is 2.33 bits per heavy atom. The average molecular weight is 221 g/mol. The Balaban J connectivity index is 1.96. The molecule has 0 bridgehead atoms. The van der Waals surface area contributed by atoms with Crippen LogP contribution in [0.25, 0.3) is 0 Å². The van der Waals surface area contributed by atoms with Crippen molar-refractivity contribution in [2.75, 3.05) is 12.8 Å². The maximum Gasteiger partial charge on any atom is 0.0107 e. The molecule has 82 valence electrons. The van der Waals surface area contributed by atoms with Crippen molar-refractivity contribution in [2.45, 2.75) is 36.6 Å². The summed E-state index contributed by atoms with van der Waals surface area (Å²) in [4.78, 5) is 1.38. The molecule has 1 fully saturated rings. The van der Waals surface area contributed by atoms with Crippen LogP contribution in [-0.2, 0) is 6.42 Å². The van der Waals surface area contributed by atoms with Crippen molar-refractivity contribution in [2.24, 2.45) is 0 Å². The molecule has 0 radical (unpaired) electrons. The van der Waals surface area contributed by atoms with E-state index in [1.165, 1.54) is 42.7 Å². The van der Waals surface area contributed by atoms with Gasteiger partial charge in [0.2, 0.25) is 0 Å². The number of hydrogen-bond acceptors (Lipinski definition) is 2. The van der Waals surface area contributed by atoms with Crippen LogP contribution in [0.4, 0.5) is 0 Å². The van der Waals surface area contributed by atoms with Crippen molar-refractivity contribution >= 4 is 11.8 Å². The SMILES string of the molecule is CSc1cccc(CC2CCCCN2)c1. The summed E-state index contributed by atoms with van der Waals surface area (Å²) in [5, 5.41) is 3.60. The van der Waals surface area contributed by atoms with E-state index >= 15 is 0 Å². The summed E-state index contributed by atoms with van der Waals surface area (Å²) < 4.78 is 0. The second-order valence-electron chi connectivity index (χ2n) is 4.20. The summed E-state index contributed by atoms with van der Waals surface area (Å²) in [6.07, 6.45) is 7.40. The predicted molar refractivity (Wildman–Crippen MR) is 67.6 cm³/mol. The number of nitrogens with one attached hydrogen (secondary N) is 1. The molecule has 1 aliphatic rings. The zero-order chi connectivity index (χ0) is 10.5. The van der Waals surface area contributed by atoms with Crippen LogP contribution < -0.4 is 5.32 Å². The fourth-order valence-corrected chi connectivity index (χ4v) is 2.67. The van der Waals surface area contributed by atoms with Gasteiger partial charge in [0, 0.05) is 10.9 Å². The third-order valence-electron chi connectivity index (χ3n) is 3.03. The van der Waals surface area contributed by atoms with Gasteiger partial charge in [0.1, 0.15) is 0 Å². The van der Waals surface area contributed by atoms with Gasteiger partial charge in [-0.3, -0.25) is 0 Å². The first kappa shape index (κ1) is 11.0. The lowest BCUT2D eigenvalue weighted by Crippen LogP contribution is -2.35. The normalized spacial score (nSPS) is 21.5. The van der Waals surface area contributed by atoms with Gasteiger partial charge in [0.05, 0.1) is 0 Å². The zero-order valence-corrected chi connectivity index (χ0v) is 10.1. The molecular formula is C13H19NS. The van der Waals surface area contributed by atoms with Gasteiger partial charge in [-0.1, -0.05) is 18.6 Å². The largest absolute Gasteiger partial charge is 0.314 e. The minimum absolute atomic E-state index is 0.704. The first-order chi connectivity index (χ1) is 7.38. The number of thioether (sulfide) groups is 1. The number of hydrogen-bond donors (Lipinski definition) is 1. The smallest absolute Gasteiger partial charge is 0.0107 e. The third kappa shape index (κ3) is 3.25. The van der Waals surface area contributed by atoms with Crippen molar-refractivity contribution in [1.82, 2.24) is 5.32 Å². The van der Waals surface area contributed by atoms with Crippen LogP contribution in [0.1, 0.15) is 24.8 Å². The standard InChI is InChI=1S/C13H19NS/c1-15-13-7-4-5-11(10-13)9-12-6-2-3-8-14-12/h4-5,7,10,12,14H,2-3,6,8-9H2,1H3. The molecule has 1 aromatic carbocycles. The second kappa shape index (κ2) is 5.57. The van der Waals surface area contributed by atoms with E-state index in [2.05, 4.69) is 35.8 Å². The maximum absolute atomic E-state index is 3.60. The molecule has 1 nitrogen and oxygen atoms in total. The van der Waals surface area contributed by atoms with E-state index in [0.717, 1.165) is 0 Å². The fraction of sp³-hybridized carbons (Fsp3) is 0.538. The van der Waals surface area contributed by atoms with Crippen LogP contribution in [-0.4, -0.2) is 18.8 Å². The van der Waals surface area contributed by atoms with Gasteiger partial charge in [-0.15, -0.1) is 11.8 Å². The summed E-state index contributed by atoms with van der Waals surface area (Å²) >= 11 is 1.82. The molecule has 0 spiro atoms. The molecule has 0 saturated carbocycles. The molecule has 1 saturated heterocycles. The summed E-state index contributed by atoms with van der Waals surface area (Å²) in [7, 11) is 0. The van der Waals surface area contributed by atoms with Gasteiger partial charge in [-0.2, -0.15) is 0 Å². The van der Waals surface area contributed by atoms with E-state index in [1.807, 2.05) is 11.8 Å². The van der Waals surface area contributed by atoms with Crippen molar-refractivity contribution in [3.05, 3.63) is 29.8 Å². The fourth-order valence-electron chi connectivity index (χ4n) is 2.18. The lowest BCUT2D eigenvalue weighted by Gasteiger charge is -2.23. The minimum atomic E-state index is 0.704. The molecule has 2 heteroatoms. The molecule has 0 amide bonds. The predicted octanol–water partition coefficient (Wildman–Crippen LogP) is 3.09. The van der Waals surface area contributed by atoms with E-state index in [9.17, 15) is 0 Å². The van der Waals surface area contributed by atoms with E-state index in [-0.39, 0.29) is 0 Å². The van der Waals surface area contributed by atoms with Crippen molar-refractivity contribution in [3.63, 3.8) is 0 Å². The highest BCUT2D eigenvalue weighted by atomic mass is 32.2. The van der Waals surface area contributed by atoms with Gasteiger partial charge in [0.25, 0.3) is 0 Å². The Morgan fingerprint density at radius 1 is 1.40 bits per heavy atom. The number of piperidine rings is 1. The van der Waals surface area contributed by atoms with Crippen molar-refractivity contribution < 1.29 is 0 Å². The van der Waals surface area contributed by atoms with Crippen LogP contribution in [0.2, 0.25) is 0 Å². The Bertz CT molecular complexity index is 305. The molecular weight excluding hydrogens is 202 g/mol. The van der Waals surface area contributed by atoms with Gasteiger partial charge < -0.3 is 5.32 Å². The Kier molecular flexibility index (Phi) is 4.09. The Hall–Kier alpha value is -0.470. The highest BCUT2D eigenvalue weighted by molar-refractivity contribution is 7.98. The van der Waals surface area contributed by atoms with E-state index < -0.39 is 0 Å². The Labute approximate surface area is 96.7 Å². The second-order valence-corrected chi connectivity index (χ2v) is 5.08. The van der Waals surface area contributed by atoms with E-state index in [4.69, 9.17) is 0 Å². The topological polar surface area (TPSA) is 12.0 Å². The molecule has 1 atom stereocenters. The number of rotatable bonds is 3. The average Bonchev–Trinajstić information content (AvgIpc) is 2.31. The van der Waals surface area contributed by atoms with Crippen molar-refractivity contribution in [3.8, 4) is 0 Å². The molecule has 1 N–H and O–H groups in total. The lowest BCUT2D eigenvalue weighted by molar-refractivity contribution is 0.399. The summed E-state index contributed by atoms with van der Waals surface area (Å²) in [6.45, 7) is 1.20. The third-order valence-corrected chi connectivity index (χ3v) is 3.75. The van der Waals surface area contributed by atoms with Gasteiger partial charge in [-0.25, -0.2) is 0 Å². The van der Waals surface area contributed by atoms with Gasteiger partial charge in [-0.05, 0) is 49.8 Å². The van der Waals surface area contributed by atoms with Crippen LogP contribution in [0.15, 0.2) is 29.2 Å². The summed E-state index contributed by atoms with van der Waals surface area (Å²) in [5.41, 5.74) is 1.47. The molecule has 1 heterocycles. The van der Waals surface area contributed by atoms with Crippen molar-refractivity contribution in [1.29, 1.82) is 0 Å². The summed E-state index contributed by atoms with van der Waals surface area (Å²) in [5.74, 6) is 0. The monoisotopic (exact) mass is 221 g/mol. The molecule has 0 aliphatic carbocycles. The van der Waals surface area contributed by atoms with E-state index in [1.54, 1.807) is 0 Å². The summed E-state index contributed by atoms with van der Waals surface area (Å²) in [6, 6.07) is 9.62. The minimum Gasteiger partial charge on any atom is -0.314 e. The Morgan fingerprint density at radius 3 is 3.07 bits per heavy atom. The highest BCUT2D eigenvalue weighted by Crippen LogP contribution is 2.18. The van der Waals surface area contributed by atoms with E-state index in [0.29, 0.717) is 6.04 Å². The number of benzene rings is 1. The lowest BCUT2D eigenvalue weighted by atomic mass is 9.98. The van der Waals surface area contributed by atoms with Crippen LogP contribution in [0.3, 0.4) is 0 Å². The zero-order valence-electron chi connectivity index (χ0n) is 9.33. The molecule has 15 heavy (non-hydrogen) atoms. The van der Waals surface area contributed by atoms with Gasteiger partial charge >= 0.3 is 0 Å². The first-order valence-corrected chi connectivity index (χ1v) is 6.97. The molecule has 1 aliphatic heterocycles.